The van der Waals surface area contributed by atoms with Gasteiger partial charge in [0, 0.05) is 6.42 Å². The SMILES string of the molecule is CCCCCCCCCCCC(=O)OC[C@@H]1O[C@@H]2OC(C)(C)O[C@@H]2[C@@H]2OC(C)(C)O[C@H]21. The van der Waals surface area contributed by atoms with E-state index in [1.54, 1.807) is 0 Å². The van der Waals surface area contributed by atoms with Crippen LogP contribution in [0.15, 0.2) is 0 Å². The number of fused-ring (bicyclic) bond motifs is 3. The molecule has 3 heterocycles. The van der Waals surface area contributed by atoms with Crippen LogP contribution < -0.4 is 0 Å². The highest BCUT2D eigenvalue weighted by atomic mass is 16.9. The first-order valence-electron chi connectivity index (χ1n) is 12.2. The molecule has 0 amide bonds. The Morgan fingerprint density at radius 3 is 1.97 bits per heavy atom. The van der Waals surface area contributed by atoms with E-state index in [0.29, 0.717) is 6.42 Å². The Balaban J connectivity index is 1.37. The fourth-order valence-electron chi connectivity index (χ4n) is 4.65. The van der Waals surface area contributed by atoms with Gasteiger partial charge in [-0.2, -0.15) is 0 Å². The zero-order valence-electron chi connectivity index (χ0n) is 20.0. The lowest BCUT2D eigenvalue weighted by Crippen LogP contribution is -2.56. The van der Waals surface area contributed by atoms with E-state index in [9.17, 15) is 4.79 Å². The molecule has 3 saturated heterocycles. The molecule has 0 saturated carbocycles. The van der Waals surface area contributed by atoms with Crippen molar-refractivity contribution in [2.24, 2.45) is 0 Å². The Morgan fingerprint density at radius 1 is 0.742 bits per heavy atom. The summed E-state index contributed by atoms with van der Waals surface area (Å²) in [6.45, 7) is 9.81. The van der Waals surface area contributed by atoms with E-state index in [0.717, 1.165) is 12.8 Å². The number of ether oxygens (including phenoxy) is 6. The van der Waals surface area contributed by atoms with Gasteiger partial charge < -0.3 is 28.4 Å². The molecule has 31 heavy (non-hydrogen) atoms. The van der Waals surface area contributed by atoms with E-state index in [4.69, 9.17) is 28.4 Å². The van der Waals surface area contributed by atoms with Gasteiger partial charge in [-0.15, -0.1) is 0 Å². The molecule has 0 aromatic heterocycles. The second-order valence-electron chi connectivity index (χ2n) is 9.97. The summed E-state index contributed by atoms with van der Waals surface area (Å²) >= 11 is 0. The first-order chi connectivity index (χ1) is 14.7. The summed E-state index contributed by atoms with van der Waals surface area (Å²) in [4.78, 5) is 12.2. The standard InChI is InChI=1S/C24H42O7/c1-6-7-8-9-10-11-12-13-14-15-18(25)26-16-17-19-20(29-23(2,3)28-19)21-22(27-17)31-24(4,5)30-21/h17,19-22H,6-16H2,1-5H3/t17-,19-,20+,21+,22+/m0/s1. The average molecular weight is 443 g/mol. The predicted octanol–water partition coefficient (Wildman–Crippen LogP) is 4.85. The van der Waals surface area contributed by atoms with Crippen molar-refractivity contribution >= 4 is 5.97 Å². The van der Waals surface area contributed by atoms with Gasteiger partial charge in [0.05, 0.1) is 0 Å². The first kappa shape index (κ1) is 24.9. The Hall–Kier alpha value is -0.730. The molecule has 7 nitrogen and oxygen atoms in total. The molecule has 0 aromatic rings. The summed E-state index contributed by atoms with van der Waals surface area (Å²) in [6, 6.07) is 0. The number of unbranched alkanes of at least 4 members (excludes halogenated alkanes) is 8. The van der Waals surface area contributed by atoms with Crippen molar-refractivity contribution < 1.29 is 33.2 Å². The molecule has 180 valence electrons. The van der Waals surface area contributed by atoms with Gasteiger partial charge in [-0.3, -0.25) is 4.79 Å². The molecule has 5 atom stereocenters. The highest BCUT2D eigenvalue weighted by Gasteiger charge is 2.60. The van der Waals surface area contributed by atoms with Crippen LogP contribution in [0.2, 0.25) is 0 Å². The van der Waals surface area contributed by atoms with Crippen LogP contribution in [-0.2, 0) is 33.2 Å². The van der Waals surface area contributed by atoms with Crippen molar-refractivity contribution in [3.05, 3.63) is 0 Å². The topological polar surface area (TPSA) is 72.5 Å². The molecule has 0 N–H and O–H groups in total. The maximum absolute atomic E-state index is 12.2. The third kappa shape index (κ3) is 7.13. The molecular weight excluding hydrogens is 400 g/mol. The number of rotatable bonds is 12. The van der Waals surface area contributed by atoms with E-state index in [2.05, 4.69) is 6.92 Å². The summed E-state index contributed by atoms with van der Waals surface area (Å²) in [5.41, 5.74) is 0. The van der Waals surface area contributed by atoms with Gasteiger partial charge in [0.2, 0.25) is 0 Å². The monoisotopic (exact) mass is 442 g/mol. The third-order valence-corrected chi connectivity index (χ3v) is 6.14. The molecule has 3 aliphatic rings. The van der Waals surface area contributed by atoms with Crippen molar-refractivity contribution in [3.63, 3.8) is 0 Å². The summed E-state index contributed by atoms with van der Waals surface area (Å²) in [7, 11) is 0. The Labute approximate surface area is 187 Å². The van der Waals surface area contributed by atoms with Crippen molar-refractivity contribution in [1.29, 1.82) is 0 Å². The molecule has 3 rings (SSSR count). The second-order valence-corrected chi connectivity index (χ2v) is 9.97. The van der Waals surface area contributed by atoms with Gasteiger partial charge in [-0.1, -0.05) is 58.3 Å². The van der Waals surface area contributed by atoms with Gasteiger partial charge >= 0.3 is 5.97 Å². The minimum absolute atomic E-state index is 0.129. The molecule has 3 aliphatic heterocycles. The van der Waals surface area contributed by atoms with Crippen LogP contribution >= 0.6 is 0 Å². The molecule has 0 aromatic carbocycles. The van der Waals surface area contributed by atoms with Crippen molar-refractivity contribution in [3.8, 4) is 0 Å². The van der Waals surface area contributed by atoms with Crippen LogP contribution in [0.25, 0.3) is 0 Å². The van der Waals surface area contributed by atoms with Crippen LogP contribution in [0.4, 0.5) is 0 Å². The molecule has 0 aliphatic carbocycles. The smallest absolute Gasteiger partial charge is 0.305 e. The summed E-state index contributed by atoms with van der Waals surface area (Å²) in [5, 5.41) is 0. The van der Waals surface area contributed by atoms with Crippen LogP contribution in [-0.4, -0.2) is 54.9 Å². The average Bonchev–Trinajstić information content (AvgIpc) is 3.18. The van der Waals surface area contributed by atoms with Crippen molar-refractivity contribution in [2.45, 2.75) is 141 Å². The fourth-order valence-corrected chi connectivity index (χ4v) is 4.65. The summed E-state index contributed by atoms with van der Waals surface area (Å²) in [6.07, 6.45) is 9.36. The van der Waals surface area contributed by atoms with Crippen molar-refractivity contribution in [2.75, 3.05) is 6.61 Å². The largest absolute Gasteiger partial charge is 0.463 e. The van der Waals surface area contributed by atoms with Gasteiger partial charge in [0.15, 0.2) is 17.9 Å². The van der Waals surface area contributed by atoms with Gasteiger partial charge in [0.25, 0.3) is 0 Å². The quantitative estimate of drug-likeness (QED) is 0.316. The van der Waals surface area contributed by atoms with Gasteiger partial charge in [-0.25, -0.2) is 0 Å². The van der Waals surface area contributed by atoms with Gasteiger partial charge in [-0.05, 0) is 34.1 Å². The first-order valence-corrected chi connectivity index (χ1v) is 12.2. The fraction of sp³-hybridized carbons (Fsp3) is 0.958. The molecule has 0 unspecified atom stereocenters. The highest BCUT2D eigenvalue weighted by molar-refractivity contribution is 5.69. The zero-order chi connectivity index (χ0) is 22.5. The van der Waals surface area contributed by atoms with Crippen LogP contribution in [0, 0.1) is 0 Å². The molecule has 3 fully saturated rings. The Bertz CT molecular complexity index is 576. The third-order valence-electron chi connectivity index (χ3n) is 6.14. The second kappa shape index (κ2) is 10.9. The maximum atomic E-state index is 12.2. The Morgan fingerprint density at radius 2 is 1.29 bits per heavy atom. The number of hydrogen-bond donors (Lipinski definition) is 0. The molecule has 0 spiro atoms. The lowest BCUT2D eigenvalue weighted by molar-refractivity contribution is -0.242. The predicted molar refractivity (Wildman–Crippen MR) is 115 cm³/mol. The van der Waals surface area contributed by atoms with Gasteiger partial charge in [0.1, 0.15) is 31.0 Å². The van der Waals surface area contributed by atoms with Crippen LogP contribution in [0.5, 0.6) is 0 Å². The molecular formula is C24H42O7. The Kier molecular flexibility index (Phi) is 8.78. The number of carbonyl (C=O) groups is 1. The lowest BCUT2D eigenvalue weighted by Gasteiger charge is -2.36. The zero-order valence-corrected chi connectivity index (χ0v) is 20.0. The molecule has 0 radical (unpaired) electrons. The minimum atomic E-state index is -0.752. The van der Waals surface area contributed by atoms with Crippen molar-refractivity contribution in [1.82, 2.24) is 0 Å². The summed E-state index contributed by atoms with van der Waals surface area (Å²) < 4.78 is 35.6. The number of carbonyl (C=O) groups excluding carboxylic acids is 1. The van der Waals surface area contributed by atoms with E-state index in [-0.39, 0.29) is 30.9 Å². The highest BCUT2D eigenvalue weighted by Crippen LogP contribution is 2.44. The van der Waals surface area contributed by atoms with Crippen LogP contribution in [0.3, 0.4) is 0 Å². The number of hydrogen-bond acceptors (Lipinski definition) is 7. The summed E-state index contributed by atoms with van der Waals surface area (Å²) in [5.74, 6) is -1.69. The number of esters is 1. The van der Waals surface area contributed by atoms with E-state index >= 15 is 0 Å². The van der Waals surface area contributed by atoms with Crippen LogP contribution in [0.1, 0.15) is 98.8 Å². The van der Waals surface area contributed by atoms with E-state index in [1.807, 2.05) is 27.7 Å². The minimum Gasteiger partial charge on any atom is -0.463 e. The lowest BCUT2D eigenvalue weighted by atomic mass is 9.99. The van der Waals surface area contributed by atoms with E-state index < -0.39 is 24.0 Å². The normalized spacial score (nSPS) is 33.1. The molecule has 0 bridgehead atoms. The molecule has 7 heteroatoms. The van der Waals surface area contributed by atoms with E-state index in [1.165, 1.54) is 44.9 Å². The maximum Gasteiger partial charge on any atom is 0.305 e.